The summed E-state index contributed by atoms with van der Waals surface area (Å²) in [5, 5.41) is 0.750. The van der Waals surface area contributed by atoms with Crippen LogP contribution in [0, 0.1) is 0 Å². The van der Waals surface area contributed by atoms with E-state index in [0.717, 1.165) is 29.2 Å². The Labute approximate surface area is 160 Å². The van der Waals surface area contributed by atoms with Gasteiger partial charge in [0.2, 0.25) is 0 Å². The fourth-order valence-electron chi connectivity index (χ4n) is 3.41. The lowest BCUT2D eigenvalue weighted by Crippen LogP contribution is -2.04. The number of allylic oxidation sites excluding steroid dienone is 5. The average Bonchev–Trinajstić information content (AvgIpc) is 3.04. The third-order valence-corrected chi connectivity index (χ3v) is 4.98. The molecule has 0 saturated heterocycles. The molecule has 1 aromatic heterocycles. The molecule has 4 heteroatoms. The van der Waals surface area contributed by atoms with Crippen LogP contribution in [0.5, 0.6) is 0 Å². The molecule has 1 aliphatic heterocycles. The molecule has 0 saturated carbocycles. The Hall–Kier alpha value is -2.39. The fraction of sp³-hybridized carbons (Fsp3) is 0.273. The normalized spacial score (nSPS) is 17.6. The maximum atomic E-state index is 6.34. The number of hydrogen-bond acceptors (Lipinski definition) is 2. The van der Waals surface area contributed by atoms with Crippen molar-refractivity contribution in [3.05, 3.63) is 88.6 Å². The molecular weight excluding hydrogens is 346 g/mol. The number of methoxy groups -OCH3 is 2. The van der Waals surface area contributed by atoms with Crippen molar-refractivity contribution >= 4 is 11.6 Å². The molecule has 1 unspecified atom stereocenters. The van der Waals surface area contributed by atoms with Crippen molar-refractivity contribution in [2.75, 3.05) is 14.2 Å². The second-order valence-corrected chi connectivity index (χ2v) is 6.79. The monoisotopic (exact) mass is 369 g/mol. The fourth-order valence-corrected chi connectivity index (χ4v) is 3.59. The third-order valence-electron chi connectivity index (χ3n) is 4.74. The molecule has 0 N–H and O–H groups in total. The van der Waals surface area contributed by atoms with Gasteiger partial charge in [-0.15, -0.1) is 0 Å². The number of nitrogens with zero attached hydrogens (tertiary/aromatic N) is 1. The molecule has 1 aromatic carbocycles. The van der Waals surface area contributed by atoms with E-state index < -0.39 is 0 Å². The summed E-state index contributed by atoms with van der Waals surface area (Å²) >= 11 is 6.34. The summed E-state index contributed by atoms with van der Waals surface area (Å²) in [6, 6.07) is 10.4. The van der Waals surface area contributed by atoms with Crippen LogP contribution < -0.4 is 0 Å². The highest BCUT2D eigenvalue weighted by atomic mass is 35.5. The molecule has 2 heterocycles. The van der Waals surface area contributed by atoms with E-state index in [1.165, 1.54) is 16.9 Å². The molecule has 1 atom stereocenters. The largest absolute Gasteiger partial charge is 0.504 e. The van der Waals surface area contributed by atoms with Gasteiger partial charge >= 0.3 is 0 Å². The summed E-state index contributed by atoms with van der Waals surface area (Å²) in [6.07, 6.45) is 12.0. The van der Waals surface area contributed by atoms with Crippen LogP contribution in [0.1, 0.15) is 30.5 Å². The predicted molar refractivity (Wildman–Crippen MR) is 107 cm³/mol. The van der Waals surface area contributed by atoms with Gasteiger partial charge in [0.05, 0.1) is 26.2 Å². The summed E-state index contributed by atoms with van der Waals surface area (Å²) in [6.45, 7) is 1.93. The van der Waals surface area contributed by atoms with Crippen molar-refractivity contribution in [2.45, 2.75) is 25.7 Å². The Bertz CT molecular complexity index is 861. The van der Waals surface area contributed by atoms with Crippen LogP contribution >= 0.6 is 11.6 Å². The lowest BCUT2D eigenvalue weighted by atomic mass is 9.87. The first-order valence-corrected chi connectivity index (χ1v) is 9.09. The van der Waals surface area contributed by atoms with Crippen LogP contribution in [0.2, 0.25) is 5.02 Å². The minimum atomic E-state index is 0.205. The van der Waals surface area contributed by atoms with Crippen molar-refractivity contribution in [1.82, 2.24) is 4.57 Å². The van der Waals surface area contributed by atoms with Gasteiger partial charge in [-0.3, -0.25) is 0 Å². The molecule has 1 aliphatic rings. The number of hydrogen-bond donors (Lipinski definition) is 0. The van der Waals surface area contributed by atoms with E-state index in [1.54, 1.807) is 14.2 Å². The van der Waals surface area contributed by atoms with E-state index in [0.29, 0.717) is 0 Å². The Balaban J connectivity index is 2.05. The highest BCUT2D eigenvalue weighted by Gasteiger charge is 2.24. The zero-order valence-electron chi connectivity index (χ0n) is 15.4. The number of halogens is 1. The zero-order valence-corrected chi connectivity index (χ0v) is 16.2. The smallest absolute Gasteiger partial charge is 0.0924 e. The third kappa shape index (κ3) is 3.88. The number of rotatable bonds is 5. The first-order chi connectivity index (χ1) is 12.6. The molecule has 0 amide bonds. The zero-order chi connectivity index (χ0) is 18.5. The summed E-state index contributed by atoms with van der Waals surface area (Å²) in [5.41, 5.74) is 4.82. The van der Waals surface area contributed by atoms with E-state index in [-0.39, 0.29) is 5.92 Å². The van der Waals surface area contributed by atoms with Gasteiger partial charge < -0.3 is 14.0 Å². The molecule has 0 aliphatic carbocycles. The van der Waals surface area contributed by atoms with E-state index >= 15 is 0 Å². The number of aromatic nitrogens is 1. The van der Waals surface area contributed by atoms with Gasteiger partial charge in [-0.05, 0) is 67.3 Å². The maximum Gasteiger partial charge on any atom is 0.0924 e. The average molecular weight is 370 g/mol. The van der Waals surface area contributed by atoms with Gasteiger partial charge in [-0.2, -0.15) is 0 Å². The van der Waals surface area contributed by atoms with Crippen molar-refractivity contribution in [1.29, 1.82) is 0 Å². The molecule has 26 heavy (non-hydrogen) atoms. The Morgan fingerprint density at radius 3 is 2.88 bits per heavy atom. The van der Waals surface area contributed by atoms with Crippen molar-refractivity contribution in [2.24, 2.45) is 0 Å². The second kappa shape index (κ2) is 8.33. The SMILES string of the molecule is CO/C=C(/C=C\C=C(/C)OC)C1CCc2cccn2-c2ccc(Cl)cc21. The molecule has 2 aromatic rings. The van der Waals surface area contributed by atoms with Crippen molar-refractivity contribution in [3.8, 4) is 5.69 Å². The minimum absolute atomic E-state index is 0.205. The molecule has 0 radical (unpaired) electrons. The molecule has 3 rings (SSSR count). The Morgan fingerprint density at radius 2 is 2.12 bits per heavy atom. The molecule has 0 fully saturated rings. The summed E-state index contributed by atoms with van der Waals surface area (Å²) in [4.78, 5) is 0. The number of benzene rings is 1. The van der Waals surface area contributed by atoms with E-state index in [4.69, 9.17) is 21.1 Å². The van der Waals surface area contributed by atoms with Crippen LogP contribution in [-0.2, 0) is 15.9 Å². The van der Waals surface area contributed by atoms with E-state index in [9.17, 15) is 0 Å². The Kier molecular flexibility index (Phi) is 5.89. The minimum Gasteiger partial charge on any atom is -0.504 e. The van der Waals surface area contributed by atoms with E-state index in [1.807, 2.05) is 31.4 Å². The van der Waals surface area contributed by atoms with Gasteiger partial charge in [0.25, 0.3) is 0 Å². The van der Waals surface area contributed by atoms with Crippen LogP contribution in [-0.4, -0.2) is 18.8 Å². The molecule has 136 valence electrons. The van der Waals surface area contributed by atoms with Crippen LogP contribution in [0.4, 0.5) is 0 Å². The highest BCUT2D eigenvalue weighted by molar-refractivity contribution is 6.30. The quantitative estimate of drug-likeness (QED) is 0.491. The number of fused-ring (bicyclic) bond motifs is 3. The molecule has 0 bridgehead atoms. The van der Waals surface area contributed by atoms with Crippen LogP contribution in [0.25, 0.3) is 5.69 Å². The summed E-state index contributed by atoms with van der Waals surface area (Å²) in [5.74, 6) is 1.06. The first-order valence-electron chi connectivity index (χ1n) is 8.72. The van der Waals surface area contributed by atoms with Crippen molar-refractivity contribution < 1.29 is 9.47 Å². The second-order valence-electron chi connectivity index (χ2n) is 6.36. The van der Waals surface area contributed by atoms with Crippen LogP contribution in [0.3, 0.4) is 0 Å². The standard InChI is InChI=1S/C22H24ClNO2/c1-16(26-3)6-4-7-17(15-25-2)20-11-10-19-8-5-13-24(19)22-12-9-18(23)14-21(20)22/h4-9,12-15,20H,10-11H2,1-3H3/b7-4-,16-6+,17-15-. The summed E-state index contributed by atoms with van der Waals surface area (Å²) in [7, 11) is 3.35. The summed E-state index contributed by atoms with van der Waals surface area (Å²) < 4.78 is 12.8. The molecular formula is C22H24ClNO2. The number of ether oxygens (including phenoxy) is 2. The van der Waals surface area contributed by atoms with Gasteiger partial charge in [0, 0.05) is 28.5 Å². The topological polar surface area (TPSA) is 23.4 Å². The van der Waals surface area contributed by atoms with Gasteiger partial charge in [-0.1, -0.05) is 23.8 Å². The molecule has 0 spiro atoms. The van der Waals surface area contributed by atoms with Gasteiger partial charge in [-0.25, -0.2) is 0 Å². The molecule has 3 nitrogen and oxygen atoms in total. The van der Waals surface area contributed by atoms with Crippen LogP contribution in [0.15, 0.2) is 72.4 Å². The lowest BCUT2D eigenvalue weighted by Gasteiger charge is -2.19. The maximum absolute atomic E-state index is 6.34. The lowest BCUT2D eigenvalue weighted by molar-refractivity contribution is 0.294. The number of aryl methyl sites for hydroxylation is 1. The van der Waals surface area contributed by atoms with Gasteiger partial charge in [0.15, 0.2) is 0 Å². The predicted octanol–water partition coefficient (Wildman–Crippen LogP) is 5.80. The highest BCUT2D eigenvalue weighted by Crippen LogP contribution is 2.38. The van der Waals surface area contributed by atoms with Crippen molar-refractivity contribution in [3.63, 3.8) is 0 Å². The van der Waals surface area contributed by atoms with Gasteiger partial charge in [0.1, 0.15) is 0 Å². The Morgan fingerprint density at radius 1 is 1.27 bits per heavy atom. The van der Waals surface area contributed by atoms with E-state index in [2.05, 4.69) is 41.1 Å². The first kappa shape index (κ1) is 18.4.